The number of carbonyl (C=O) groups is 2. The molecule has 0 N–H and O–H groups in total. The molecule has 2 aromatic rings. The van der Waals surface area contributed by atoms with Crippen LogP contribution in [0.25, 0.3) is 5.57 Å². The van der Waals surface area contributed by atoms with Gasteiger partial charge in [0.2, 0.25) is 5.88 Å². The standard InChI is InChI=1S/C23H29ClN2O3/c1-7-9-12-26-23(29-20(27)8-2)18(13-25-26)22(28)17-10-11-19(24)21(16(17)6)15(5)14(3)4/h10-11,13H,7-9,12H2,1-6H3. The van der Waals surface area contributed by atoms with E-state index in [0.717, 1.165) is 35.1 Å². The van der Waals surface area contributed by atoms with Gasteiger partial charge in [-0.15, -0.1) is 0 Å². The predicted octanol–water partition coefficient (Wildman–Crippen LogP) is 6.00. The lowest BCUT2D eigenvalue weighted by molar-refractivity contribution is -0.134. The highest BCUT2D eigenvalue weighted by atomic mass is 35.5. The van der Waals surface area contributed by atoms with Crippen LogP contribution in [0.3, 0.4) is 0 Å². The molecule has 1 heterocycles. The monoisotopic (exact) mass is 416 g/mol. The highest BCUT2D eigenvalue weighted by Crippen LogP contribution is 2.33. The van der Waals surface area contributed by atoms with Crippen LogP contribution in [0.1, 0.15) is 80.9 Å². The van der Waals surface area contributed by atoms with Crippen LogP contribution in [0, 0.1) is 6.92 Å². The third kappa shape index (κ3) is 4.96. The van der Waals surface area contributed by atoms with E-state index in [1.54, 1.807) is 23.7 Å². The second-order valence-electron chi connectivity index (χ2n) is 7.32. The molecule has 0 aliphatic heterocycles. The molecular weight excluding hydrogens is 388 g/mol. The zero-order valence-corrected chi connectivity index (χ0v) is 18.8. The van der Waals surface area contributed by atoms with Gasteiger partial charge in [0.25, 0.3) is 0 Å². The molecule has 156 valence electrons. The molecular formula is C23H29ClN2O3. The summed E-state index contributed by atoms with van der Waals surface area (Å²) in [4.78, 5) is 25.3. The zero-order valence-electron chi connectivity index (χ0n) is 18.1. The zero-order chi connectivity index (χ0) is 21.7. The van der Waals surface area contributed by atoms with E-state index < -0.39 is 5.97 Å². The molecule has 2 rings (SSSR count). The Morgan fingerprint density at radius 2 is 1.83 bits per heavy atom. The number of carbonyl (C=O) groups excluding carboxylic acids is 2. The number of ketones is 1. The first-order valence-corrected chi connectivity index (χ1v) is 10.3. The summed E-state index contributed by atoms with van der Waals surface area (Å²) in [7, 11) is 0. The SMILES string of the molecule is CCCCn1ncc(C(=O)c2ccc(Cl)c(C(C)=C(C)C)c2C)c1OC(=O)CC. The molecule has 0 saturated carbocycles. The first-order valence-electron chi connectivity index (χ1n) is 9.97. The van der Waals surface area contributed by atoms with Gasteiger partial charge in [-0.25, -0.2) is 4.68 Å². The van der Waals surface area contributed by atoms with Crippen LogP contribution in [0.5, 0.6) is 5.88 Å². The van der Waals surface area contributed by atoms with Gasteiger partial charge in [0.05, 0.1) is 6.20 Å². The first-order chi connectivity index (χ1) is 13.7. The van der Waals surface area contributed by atoms with Gasteiger partial charge in [0.15, 0.2) is 5.78 Å². The van der Waals surface area contributed by atoms with E-state index in [1.165, 1.54) is 6.20 Å². The van der Waals surface area contributed by atoms with Crippen molar-refractivity contribution in [2.24, 2.45) is 0 Å². The number of hydrogen-bond acceptors (Lipinski definition) is 4. The molecule has 0 aliphatic carbocycles. The molecule has 0 unspecified atom stereocenters. The topological polar surface area (TPSA) is 61.2 Å². The summed E-state index contributed by atoms with van der Waals surface area (Å²) in [5.41, 5.74) is 4.64. The molecule has 0 spiro atoms. The van der Waals surface area contributed by atoms with E-state index in [1.807, 2.05) is 27.7 Å². The second-order valence-corrected chi connectivity index (χ2v) is 7.72. The largest absolute Gasteiger partial charge is 0.407 e. The van der Waals surface area contributed by atoms with Crippen LogP contribution in [0.4, 0.5) is 0 Å². The van der Waals surface area contributed by atoms with E-state index in [0.29, 0.717) is 17.1 Å². The Kier molecular flexibility index (Phi) is 7.80. The summed E-state index contributed by atoms with van der Waals surface area (Å²) < 4.78 is 7.09. The summed E-state index contributed by atoms with van der Waals surface area (Å²) in [5, 5.41) is 4.91. The van der Waals surface area contributed by atoms with Crippen molar-refractivity contribution >= 4 is 28.9 Å². The summed E-state index contributed by atoms with van der Waals surface area (Å²) in [6.45, 7) is 12.3. The average Bonchev–Trinajstić information content (AvgIpc) is 3.07. The van der Waals surface area contributed by atoms with Crippen molar-refractivity contribution < 1.29 is 14.3 Å². The van der Waals surface area contributed by atoms with Gasteiger partial charge in [-0.3, -0.25) is 9.59 Å². The number of nitrogens with zero attached hydrogens (tertiary/aromatic N) is 2. The minimum Gasteiger partial charge on any atom is -0.407 e. The van der Waals surface area contributed by atoms with Crippen molar-refractivity contribution in [1.29, 1.82) is 0 Å². The Bertz CT molecular complexity index is 953. The van der Waals surface area contributed by atoms with Gasteiger partial charge in [-0.1, -0.05) is 37.4 Å². The quantitative estimate of drug-likeness (QED) is 0.390. The van der Waals surface area contributed by atoms with Gasteiger partial charge in [-0.2, -0.15) is 5.10 Å². The normalized spacial score (nSPS) is 10.7. The first kappa shape index (κ1) is 22.9. The molecule has 6 heteroatoms. The average molecular weight is 417 g/mol. The molecule has 0 radical (unpaired) electrons. The Hall–Kier alpha value is -2.40. The van der Waals surface area contributed by atoms with Crippen LogP contribution in [0.15, 0.2) is 23.9 Å². The lowest BCUT2D eigenvalue weighted by Gasteiger charge is -2.15. The van der Waals surface area contributed by atoms with Gasteiger partial charge < -0.3 is 4.74 Å². The van der Waals surface area contributed by atoms with E-state index >= 15 is 0 Å². The molecule has 0 aliphatic rings. The number of unbranched alkanes of at least 4 members (excludes halogenated alkanes) is 1. The maximum absolute atomic E-state index is 13.4. The van der Waals surface area contributed by atoms with E-state index in [4.69, 9.17) is 16.3 Å². The number of rotatable bonds is 8. The fourth-order valence-corrected chi connectivity index (χ4v) is 3.41. The molecule has 0 bridgehead atoms. The minimum atomic E-state index is -0.397. The molecule has 0 atom stereocenters. The van der Waals surface area contributed by atoms with E-state index in [-0.39, 0.29) is 23.6 Å². The number of allylic oxidation sites excluding steroid dienone is 2. The van der Waals surface area contributed by atoms with Crippen LogP contribution < -0.4 is 4.74 Å². The van der Waals surface area contributed by atoms with Crippen molar-refractivity contribution in [2.75, 3.05) is 0 Å². The lowest BCUT2D eigenvalue weighted by Crippen LogP contribution is -2.14. The van der Waals surface area contributed by atoms with Gasteiger partial charge >= 0.3 is 5.97 Å². The molecule has 0 saturated heterocycles. The molecule has 1 aromatic carbocycles. The Morgan fingerprint density at radius 1 is 1.14 bits per heavy atom. The molecule has 0 amide bonds. The summed E-state index contributed by atoms with van der Waals surface area (Å²) in [5.74, 6) is -0.417. The molecule has 1 aromatic heterocycles. The summed E-state index contributed by atoms with van der Waals surface area (Å²) >= 11 is 6.44. The fraction of sp³-hybridized carbons (Fsp3) is 0.435. The van der Waals surface area contributed by atoms with Crippen molar-refractivity contribution in [3.05, 3.63) is 51.2 Å². The smallest absolute Gasteiger partial charge is 0.312 e. The maximum atomic E-state index is 13.4. The molecule has 5 nitrogen and oxygen atoms in total. The van der Waals surface area contributed by atoms with Crippen LogP contribution >= 0.6 is 11.6 Å². The van der Waals surface area contributed by atoms with Crippen molar-refractivity contribution in [2.45, 2.75) is 67.3 Å². The number of ether oxygens (including phenoxy) is 1. The van der Waals surface area contributed by atoms with Crippen LogP contribution in [0.2, 0.25) is 5.02 Å². The summed E-state index contributed by atoms with van der Waals surface area (Å²) in [6.07, 6.45) is 3.54. The van der Waals surface area contributed by atoms with Crippen molar-refractivity contribution in [3.8, 4) is 5.88 Å². The number of aromatic nitrogens is 2. The van der Waals surface area contributed by atoms with Gasteiger partial charge in [0.1, 0.15) is 5.56 Å². The summed E-state index contributed by atoms with van der Waals surface area (Å²) in [6, 6.07) is 3.46. The molecule has 0 fully saturated rings. The third-order valence-corrected chi connectivity index (χ3v) is 5.36. The Balaban J connectivity index is 2.58. The number of halogens is 1. The van der Waals surface area contributed by atoms with Crippen molar-refractivity contribution in [3.63, 3.8) is 0 Å². The predicted molar refractivity (Wildman–Crippen MR) is 117 cm³/mol. The highest BCUT2D eigenvalue weighted by Gasteiger charge is 2.25. The van der Waals surface area contributed by atoms with Crippen LogP contribution in [-0.4, -0.2) is 21.5 Å². The number of benzene rings is 1. The highest BCUT2D eigenvalue weighted by molar-refractivity contribution is 6.32. The Labute approximate surface area is 177 Å². The number of hydrogen-bond donors (Lipinski definition) is 0. The number of aryl methyl sites for hydroxylation is 1. The fourth-order valence-electron chi connectivity index (χ4n) is 3.06. The lowest BCUT2D eigenvalue weighted by atomic mass is 9.92. The molecule has 29 heavy (non-hydrogen) atoms. The van der Waals surface area contributed by atoms with Crippen LogP contribution in [-0.2, 0) is 11.3 Å². The second kappa shape index (κ2) is 9.88. The van der Waals surface area contributed by atoms with Gasteiger partial charge in [0, 0.05) is 23.6 Å². The number of esters is 1. The minimum absolute atomic E-state index is 0.213. The van der Waals surface area contributed by atoms with Crippen molar-refractivity contribution in [1.82, 2.24) is 9.78 Å². The Morgan fingerprint density at radius 3 is 2.41 bits per heavy atom. The maximum Gasteiger partial charge on any atom is 0.312 e. The van der Waals surface area contributed by atoms with Gasteiger partial charge in [-0.05, 0) is 62.9 Å². The third-order valence-electron chi connectivity index (χ3n) is 5.04. The van der Waals surface area contributed by atoms with E-state index in [2.05, 4.69) is 12.0 Å². The van der Waals surface area contributed by atoms with E-state index in [9.17, 15) is 9.59 Å².